The Hall–Kier alpha value is -0.610. The number of ether oxygens (including phenoxy) is 1. The van der Waals surface area contributed by atoms with Crippen LogP contribution in [0.25, 0.3) is 0 Å². The van der Waals surface area contributed by atoms with Gasteiger partial charge in [0.25, 0.3) is 0 Å². The second-order valence-electron chi connectivity index (χ2n) is 4.81. The first-order valence-electron chi connectivity index (χ1n) is 6.33. The van der Waals surface area contributed by atoms with E-state index < -0.39 is 0 Å². The molecule has 2 saturated heterocycles. The summed E-state index contributed by atoms with van der Waals surface area (Å²) in [7, 11) is 0. The standard InChI is InChI=1S/C12H21NO3/c14-10-6-7-13(9-10)12(15)5-4-11-3-1-2-8-16-11/h10-11,14H,1-9H2. The fraction of sp³-hybridized carbons (Fsp3) is 0.917. The number of aliphatic hydroxyl groups excluding tert-OH is 1. The number of carbonyl (C=O) groups is 1. The Kier molecular flexibility index (Phi) is 4.18. The lowest BCUT2D eigenvalue weighted by Crippen LogP contribution is -2.30. The van der Waals surface area contributed by atoms with Gasteiger partial charge in [0.2, 0.25) is 5.91 Å². The molecule has 2 rings (SSSR count). The van der Waals surface area contributed by atoms with E-state index in [1.54, 1.807) is 4.90 Å². The highest BCUT2D eigenvalue weighted by atomic mass is 16.5. The van der Waals surface area contributed by atoms with E-state index >= 15 is 0 Å². The minimum absolute atomic E-state index is 0.172. The normalized spacial score (nSPS) is 30.7. The summed E-state index contributed by atoms with van der Waals surface area (Å²) in [6, 6.07) is 0. The van der Waals surface area contributed by atoms with Gasteiger partial charge in [0.15, 0.2) is 0 Å². The van der Waals surface area contributed by atoms with E-state index in [4.69, 9.17) is 4.74 Å². The first kappa shape index (κ1) is 11.9. The first-order chi connectivity index (χ1) is 7.75. The highest BCUT2D eigenvalue weighted by Gasteiger charge is 2.25. The van der Waals surface area contributed by atoms with Gasteiger partial charge >= 0.3 is 0 Å². The van der Waals surface area contributed by atoms with E-state index in [1.807, 2.05) is 0 Å². The zero-order valence-corrected chi connectivity index (χ0v) is 9.73. The molecule has 2 aliphatic rings. The highest BCUT2D eigenvalue weighted by molar-refractivity contribution is 5.76. The number of amides is 1. The molecule has 2 unspecified atom stereocenters. The van der Waals surface area contributed by atoms with Crippen LogP contribution < -0.4 is 0 Å². The number of hydrogen-bond donors (Lipinski definition) is 1. The monoisotopic (exact) mass is 227 g/mol. The third-order valence-corrected chi connectivity index (χ3v) is 3.47. The van der Waals surface area contributed by atoms with Gasteiger partial charge in [-0.15, -0.1) is 0 Å². The number of likely N-dealkylation sites (tertiary alicyclic amines) is 1. The molecule has 0 aliphatic carbocycles. The van der Waals surface area contributed by atoms with Crippen molar-refractivity contribution < 1.29 is 14.6 Å². The molecule has 16 heavy (non-hydrogen) atoms. The number of β-amino-alcohol motifs (C(OH)–C–C–N with tert-alkyl or cyclic N) is 1. The van der Waals surface area contributed by atoms with E-state index in [0.29, 0.717) is 19.5 Å². The van der Waals surface area contributed by atoms with E-state index in [9.17, 15) is 9.90 Å². The van der Waals surface area contributed by atoms with Crippen molar-refractivity contribution in [3.05, 3.63) is 0 Å². The average Bonchev–Trinajstić information content (AvgIpc) is 2.74. The molecule has 2 heterocycles. The van der Waals surface area contributed by atoms with Crippen LogP contribution >= 0.6 is 0 Å². The van der Waals surface area contributed by atoms with Crippen LogP contribution in [-0.2, 0) is 9.53 Å². The molecule has 1 amide bonds. The fourth-order valence-corrected chi connectivity index (χ4v) is 2.45. The molecule has 2 fully saturated rings. The lowest BCUT2D eigenvalue weighted by Gasteiger charge is -2.23. The molecule has 2 aliphatic heterocycles. The van der Waals surface area contributed by atoms with E-state index in [1.165, 1.54) is 6.42 Å². The molecule has 0 aromatic heterocycles. The Morgan fingerprint density at radius 1 is 1.38 bits per heavy atom. The van der Waals surface area contributed by atoms with E-state index in [0.717, 1.165) is 32.3 Å². The van der Waals surface area contributed by atoms with Gasteiger partial charge in [0.05, 0.1) is 12.2 Å². The van der Waals surface area contributed by atoms with Gasteiger partial charge < -0.3 is 14.7 Å². The highest BCUT2D eigenvalue weighted by Crippen LogP contribution is 2.18. The van der Waals surface area contributed by atoms with Gasteiger partial charge in [-0.1, -0.05) is 0 Å². The van der Waals surface area contributed by atoms with Gasteiger partial charge in [0, 0.05) is 26.1 Å². The summed E-state index contributed by atoms with van der Waals surface area (Å²) in [5, 5.41) is 9.35. The summed E-state index contributed by atoms with van der Waals surface area (Å²) in [4.78, 5) is 13.6. The Labute approximate surface area is 96.6 Å². The Morgan fingerprint density at radius 3 is 2.88 bits per heavy atom. The van der Waals surface area contributed by atoms with Crippen LogP contribution in [0.5, 0.6) is 0 Å². The molecule has 2 atom stereocenters. The average molecular weight is 227 g/mol. The maximum absolute atomic E-state index is 11.8. The number of hydrogen-bond acceptors (Lipinski definition) is 3. The van der Waals surface area contributed by atoms with Crippen molar-refractivity contribution in [1.29, 1.82) is 0 Å². The van der Waals surface area contributed by atoms with Crippen LogP contribution in [0.3, 0.4) is 0 Å². The third-order valence-electron chi connectivity index (χ3n) is 3.47. The number of aliphatic hydroxyl groups is 1. The Balaban J connectivity index is 1.67. The molecule has 4 heteroatoms. The summed E-state index contributed by atoms with van der Waals surface area (Å²) in [6.45, 7) is 2.08. The molecule has 1 N–H and O–H groups in total. The topological polar surface area (TPSA) is 49.8 Å². The van der Waals surface area contributed by atoms with Crippen LogP contribution in [0.1, 0.15) is 38.5 Å². The van der Waals surface area contributed by atoms with Gasteiger partial charge in [0.1, 0.15) is 0 Å². The third kappa shape index (κ3) is 3.19. The predicted octanol–water partition coefficient (Wildman–Crippen LogP) is 0.929. The molecule has 0 aromatic rings. The molecule has 0 aromatic carbocycles. The number of nitrogens with zero attached hydrogens (tertiary/aromatic N) is 1. The van der Waals surface area contributed by atoms with Gasteiger partial charge in [-0.25, -0.2) is 0 Å². The molecule has 0 saturated carbocycles. The summed E-state index contributed by atoms with van der Waals surface area (Å²) >= 11 is 0. The van der Waals surface area contributed by atoms with Crippen molar-refractivity contribution >= 4 is 5.91 Å². The largest absolute Gasteiger partial charge is 0.391 e. The van der Waals surface area contributed by atoms with Crippen molar-refractivity contribution in [1.82, 2.24) is 4.90 Å². The quantitative estimate of drug-likeness (QED) is 0.780. The number of carbonyl (C=O) groups excluding carboxylic acids is 1. The first-order valence-corrected chi connectivity index (χ1v) is 6.33. The van der Waals surface area contributed by atoms with Crippen molar-refractivity contribution in [2.45, 2.75) is 50.7 Å². The van der Waals surface area contributed by atoms with E-state index in [2.05, 4.69) is 0 Å². The molecule has 4 nitrogen and oxygen atoms in total. The van der Waals surface area contributed by atoms with Gasteiger partial charge in [-0.05, 0) is 32.1 Å². The minimum Gasteiger partial charge on any atom is -0.391 e. The van der Waals surface area contributed by atoms with Gasteiger partial charge in [-0.3, -0.25) is 4.79 Å². The maximum atomic E-state index is 11.8. The fourth-order valence-electron chi connectivity index (χ4n) is 2.45. The number of rotatable bonds is 3. The zero-order valence-electron chi connectivity index (χ0n) is 9.73. The smallest absolute Gasteiger partial charge is 0.222 e. The van der Waals surface area contributed by atoms with E-state index in [-0.39, 0.29) is 18.1 Å². The lowest BCUT2D eigenvalue weighted by molar-refractivity contribution is -0.131. The maximum Gasteiger partial charge on any atom is 0.222 e. The SMILES string of the molecule is O=C(CCC1CCCCO1)N1CCC(O)C1. The van der Waals surface area contributed by atoms with Crippen molar-refractivity contribution in [2.24, 2.45) is 0 Å². The lowest BCUT2D eigenvalue weighted by atomic mass is 10.0. The molecule has 0 spiro atoms. The molecule has 0 radical (unpaired) electrons. The Bertz CT molecular complexity index is 238. The second kappa shape index (κ2) is 5.64. The Morgan fingerprint density at radius 2 is 2.25 bits per heavy atom. The van der Waals surface area contributed by atoms with Crippen LogP contribution in [0, 0.1) is 0 Å². The summed E-state index contributed by atoms with van der Waals surface area (Å²) in [5.41, 5.74) is 0. The summed E-state index contributed by atoms with van der Waals surface area (Å²) in [5.74, 6) is 0.172. The van der Waals surface area contributed by atoms with Crippen LogP contribution in [-0.4, -0.2) is 47.8 Å². The van der Waals surface area contributed by atoms with Crippen molar-refractivity contribution in [3.63, 3.8) is 0 Å². The zero-order chi connectivity index (χ0) is 11.4. The van der Waals surface area contributed by atoms with Crippen LogP contribution in [0.4, 0.5) is 0 Å². The summed E-state index contributed by atoms with van der Waals surface area (Å²) in [6.07, 6.45) is 5.58. The predicted molar refractivity (Wildman–Crippen MR) is 60.0 cm³/mol. The second-order valence-corrected chi connectivity index (χ2v) is 4.81. The van der Waals surface area contributed by atoms with Gasteiger partial charge in [-0.2, -0.15) is 0 Å². The molecular formula is C12H21NO3. The van der Waals surface area contributed by atoms with Crippen molar-refractivity contribution in [3.8, 4) is 0 Å². The van der Waals surface area contributed by atoms with Crippen LogP contribution in [0.2, 0.25) is 0 Å². The minimum atomic E-state index is -0.310. The summed E-state index contributed by atoms with van der Waals surface area (Å²) < 4.78 is 5.59. The van der Waals surface area contributed by atoms with Crippen LogP contribution in [0.15, 0.2) is 0 Å². The molecular weight excluding hydrogens is 206 g/mol. The van der Waals surface area contributed by atoms with Crippen molar-refractivity contribution in [2.75, 3.05) is 19.7 Å². The molecule has 0 bridgehead atoms. The molecule has 92 valence electrons.